The first kappa shape index (κ1) is 44.9. The lowest BCUT2D eigenvalue weighted by Gasteiger charge is -2.35. The Kier molecular flexibility index (Phi) is 16.1. The number of aromatic nitrogens is 2. The molecule has 62 heavy (non-hydrogen) atoms. The lowest BCUT2D eigenvalue weighted by molar-refractivity contribution is -0.115. The van der Waals surface area contributed by atoms with Crippen molar-refractivity contribution in [3.63, 3.8) is 0 Å². The Morgan fingerprint density at radius 1 is 0.694 bits per heavy atom. The second-order valence-electron chi connectivity index (χ2n) is 15.8. The first-order chi connectivity index (χ1) is 30.2. The molecule has 0 spiro atoms. The van der Waals surface area contributed by atoms with Crippen molar-refractivity contribution in [1.82, 2.24) is 25.1 Å². The first-order valence-corrected chi connectivity index (χ1v) is 22.3. The number of carbonyl (C=O) groups excluding carboxylic acids is 1. The third-order valence-corrected chi connectivity index (χ3v) is 11.8. The van der Waals surface area contributed by atoms with Crippen molar-refractivity contribution in [1.29, 1.82) is 0 Å². The summed E-state index contributed by atoms with van der Waals surface area (Å²) < 4.78 is -2.07. The number of carbonyl (C=O) groups is 1. The highest BCUT2D eigenvalue weighted by atomic mass is 35.6. The smallest absolute Gasteiger partial charge is 0.276 e. The van der Waals surface area contributed by atoms with E-state index >= 15 is 0 Å². The fourth-order valence-electron chi connectivity index (χ4n) is 8.02. The molecule has 12 heteroatoms. The molecule has 2 fully saturated rings. The monoisotopic (exact) mass is 886 g/mol. The number of alkyl halides is 3. The van der Waals surface area contributed by atoms with Gasteiger partial charge in [0.15, 0.2) is 0 Å². The van der Waals surface area contributed by atoms with Crippen LogP contribution in [0.3, 0.4) is 0 Å². The molecule has 2 saturated heterocycles. The molecule has 8 rings (SSSR count). The number of hydrogen-bond donors (Lipinski definition) is 3. The van der Waals surface area contributed by atoms with Gasteiger partial charge in [0.05, 0.1) is 23.5 Å². The second-order valence-corrected chi connectivity index (χ2v) is 18.0. The first-order valence-electron chi connectivity index (χ1n) is 21.2. The van der Waals surface area contributed by atoms with E-state index in [-0.39, 0.29) is 12.1 Å². The number of nitrogens with zero attached hydrogens (tertiary/aromatic N) is 5. The van der Waals surface area contributed by atoms with Gasteiger partial charge in [0.2, 0.25) is 0 Å². The molecule has 4 aromatic carbocycles. The minimum atomic E-state index is -2.07. The number of nitrogens with one attached hydrogen (secondary N) is 2. The predicted octanol–water partition coefficient (Wildman–Crippen LogP) is 9.90. The van der Waals surface area contributed by atoms with Crippen LogP contribution in [-0.4, -0.2) is 73.4 Å². The molecule has 0 saturated carbocycles. The molecule has 320 valence electrons. The van der Waals surface area contributed by atoms with Crippen LogP contribution in [-0.2, 0) is 17.9 Å². The van der Waals surface area contributed by atoms with Gasteiger partial charge in [-0.25, -0.2) is 0 Å². The molecule has 4 heterocycles. The zero-order valence-corrected chi connectivity index (χ0v) is 36.9. The number of rotatable bonds is 12. The van der Waals surface area contributed by atoms with Crippen LogP contribution in [0.4, 0.5) is 11.4 Å². The van der Waals surface area contributed by atoms with E-state index in [1.54, 1.807) is 24.7 Å². The SMILES string of the molecule is Nc1ccncc1C(NC1CCN(Cc2ccccc2)CC1)c1ccccc1.O=C(Nc1ccncc1C(=NC1CCN(Cc2ccccc2)CC1)c1ccccc1)C(Cl)(Cl)Cl. The Morgan fingerprint density at radius 3 is 1.77 bits per heavy atom. The maximum absolute atomic E-state index is 12.3. The summed E-state index contributed by atoms with van der Waals surface area (Å²) in [6, 6.07) is 45.9. The average molecular weight is 888 g/mol. The van der Waals surface area contributed by atoms with E-state index in [0.717, 1.165) is 87.5 Å². The number of amides is 1. The summed E-state index contributed by atoms with van der Waals surface area (Å²) in [7, 11) is 0. The fraction of sp³-hybridized carbons (Fsp3) is 0.280. The van der Waals surface area contributed by atoms with Crippen molar-refractivity contribution in [3.8, 4) is 0 Å². The Balaban J connectivity index is 0.000000190. The molecule has 6 aromatic rings. The van der Waals surface area contributed by atoms with Crippen LogP contribution < -0.4 is 16.4 Å². The van der Waals surface area contributed by atoms with Gasteiger partial charge >= 0.3 is 0 Å². The molecule has 1 atom stereocenters. The number of nitrogens with two attached hydrogens (primary N) is 1. The van der Waals surface area contributed by atoms with E-state index in [1.165, 1.54) is 16.7 Å². The van der Waals surface area contributed by atoms with Gasteiger partial charge in [-0.2, -0.15) is 0 Å². The molecule has 2 aromatic heterocycles. The van der Waals surface area contributed by atoms with Crippen molar-refractivity contribution in [2.75, 3.05) is 37.2 Å². The minimum absolute atomic E-state index is 0.0700. The van der Waals surface area contributed by atoms with Crippen molar-refractivity contribution in [2.45, 2.75) is 60.7 Å². The quantitative estimate of drug-likeness (QED) is 0.0829. The number of hydrogen-bond acceptors (Lipinski definition) is 8. The van der Waals surface area contributed by atoms with Crippen molar-refractivity contribution in [3.05, 3.63) is 192 Å². The lowest BCUT2D eigenvalue weighted by atomic mass is 9.95. The van der Waals surface area contributed by atoms with E-state index in [9.17, 15) is 4.79 Å². The second kappa shape index (κ2) is 22.3. The van der Waals surface area contributed by atoms with Gasteiger partial charge in [-0.05, 0) is 67.6 Å². The Labute approximate surface area is 380 Å². The molecule has 2 aliphatic heterocycles. The van der Waals surface area contributed by atoms with E-state index in [4.69, 9.17) is 45.5 Å². The number of likely N-dealkylation sites (tertiary alicyclic amines) is 2. The molecule has 0 bridgehead atoms. The molecule has 1 amide bonds. The molecule has 9 nitrogen and oxygen atoms in total. The van der Waals surface area contributed by atoms with Gasteiger partial charge in [-0.15, -0.1) is 0 Å². The normalized spacial score (nSPS) is 16.2. The standard InChI is InChI=1S/C26H25Cl3N4O.C24H28N4/c27-26(28,29)25(34)32-23-11-14-30-17-22(23)24(20-9-5-2-6-10-20)31-21-12-15-33(16-13-21)18-19-7-3-1-4-8-19;25-23-11-14-26-17-22(23)24(20-9-5-2-6-10-20)27-21-12-15-28(16-13-21)18-19-7-3-1-4-8-19/h1-11,14,17,21H,12-13,15-16,18H2,(H,30,32,34);1-11,14,17,21,24,27H,12-13,15-16,18H2,(H2,25,26). The van der Waals surface area contributed by atoms with E-state index < -0.39 is 9.70 Å². The summed E-state index contributed by atoms with van der Waals surface area (Å²) in [4.78, 5) is 31.1. The summed E-state index contributed by atoms with van der Waals surface area (Å²) in [5, 5.41) is 6.58. The van der Waals surface area contributed by atoms with E-state index in [1.807, 2.05) is 48.7 Å². The molecule has 0 aliphatic carbocycles. The number of halogens is 3. The summed E-state index contributed by atoms with van der Waals surface area (Å²) in [5.74, 6) is -0.730. The highest BCUT2D eigenvalue weighted by Gasteiger charge is 2.32. The van der Waals surface area contributed by atoms with Crippen LogP contribution in [0.15, 0.2) is 163 Å². The number of piperidine rings is 2. The van der Waals surface area contributed by atoms with Crippen LogP contribution in [0, 0.1) is 0 Å². The van der Waals surface area contributed by atoms with E-state index in [0.29, 0.717) is 17.3 Å². The molecular formula is C50H53Cl3N8O. The van der Waals surface area contributed by atoms with Crippen LogP contribution in [0.1, 0.15) is 65.1 Å². The molecular weight excluding hydrogens is 835 g/mol. The van der Waals surface area contributed by atoms with Gasteiger partial charge in [-0.3, -0.25) is 29.6 Å². The number of anilines is 2. The fourth-order valence-corrected chi connectivity index (χ4v) is 8.16. The van der Waals surface area contributed by atoms with Crippen molar-refractivity contribution in [2.24, 2.45) is 4.99 Å². The third-order valence-electron chi connectivity index (χ3n) is 11.3. The average Bonchev–Trinajstić information content (AvgIpc) is 3.30. The maximum Gasteiger partial charge on any atom is 0.276 e. The molecule has 0 radical (unpaired) electrons. The predicted molar refractivity (Wildman–Crippen MR) is 255 cm³/mol. The Hall–Kier alpha value is -5.13. The zero-order valence-electron chi connectivity index (χ0n) is 34.7. The molecule has 4 N–H and O–H groups in total. The lowest BCUT2D eigenvalue weighted by Crippen LogP contribution is -2.43. The molecule has 1 unspecified atom stereocenters. The Bertz CT molecular complexity index is 2320. The van der Waals surface area contributed by atoms with Gasteiger partial charge in [0.1, 0.15) is 0 Å². The number of aliphatic imine (C=N–C) groups is 1. The van der Waals surface area contributed by atoms with Crippen LogP contribution in [0.5, 0.6) is 0 Å². The van der Waals surface area contributed by atoms with Crippen molar-refractivity contribution < 1.29 is 4.79 Å². The molecule has 2 aliphatic rings. The summed E-state index contributed by atoms with van der Waals surface area (Å²) in [6.45, 7) is 6.13. The third kappa shape index (κ3) is 13.0. The minimum Gasteiger partial charge on any atom is -0.398 e. The number of pyridine rings is 2. The van der Waals surface area contributed by atoms with Crippen LogP contribution >= 0.6 is 34.8 Å². The highest BCUT2D eigenvalue weighted by Crippen LogP contribution is 2.31. The van der Waals surface area contributed by atoms with Gasteiger partial charge in [0, 0.05) is 79.4 Å². The topological polar surface area (TPSA) is 112 Å². The highest BCUT2D eigenvalue weighted by molar-refractivity contribution is 6.76. The summed E-state index contributed by atoms with van der Waals surface area (Å²) in [5.41, 5.74) is 14.9. The van der Waals surface area contributed by atoms with Crippen molar-refractivity contribution >= 4 is 57.8 Å². The summed E-state index contributed by atoms with van der Waals surface area (Å²) in [6.07, 6.45) is 11.1. The van der Waals surface area contributed by atoms with Gasteiger partial charge < -0.3 is 16.4 Å². The maximum atomic E-state index is 12.3. The zero-order chi connectivity index (χ0) is 43.2. The van der Waals surface area contributed by atoms with E-state index in [2.05, 4.69) is 115 Å². The van der Waals surface area contributed by atoms with Gasteiger partial charge in [-0.1, -0.05) is 156 Å². The van der Waals surface area contributed by atoms with Gasteiger partial charge in [0.25, 0.3) is 9.70 Å². The largest absolute Gasteiger partial charge is 0.398 e. The number of nitrogen functional groups attached to an aromatic ring is 1. The van der Waals surface area contributed by atoms with Crippen LogP contribution in [0.2, 0.25) is 0 Å². The van der Waals surface area contributed by atoms with Crippen LogP contribution in [0.25, 0.3) is 0 Å². The summed E-state index contributed by atoms with van der Waals surface area (Å²) >= 11 is 17.3. The number of benzene rings is 4. The Morgan fingerprint density at radius 2 is 1.21 bits per heavy atom.